The molecule has 0 amide bonds. The number of halogens is 1. The molecule has 2 nitrogen and oxygen atoms in total. The van der Waals surface area contributed by atoms with Gasteiger partial charge in [0.2, 0.25) is 0 Å². The number of hydrogen-bond acceptors (Lipinski definition) is 2. The van der Waals surface area contributed by atoms with Crippen molar-refractivity contribution < 1.29 is 0 Å². The van der Waals surface area contributed by atoms with Crippen molar-refractivity contribution in [2.45, 2.75) is 63.8 Å². The molecule has 5 fully saturated rings. The molecule has 6 rings (SSSR count). The van der Waals surface area contributed by atoms with Crippen LogP contribution in [-0.2, 0) is 5.41 Å². The third kappa shape index (κ3) is 3.18. The molecule has 3 atom stereocenters. The second-order valence-corrected chi connectivity index (χ2v) is 12.1. The zero-order valence-corrected chi connectivity index (χ0v) is 19.4. The van der Waals surface area contributed by atoms with Crippen molar-refractivity contribution in [3.05, 3.63) is 35.9 Å². The minimum absolute atomic E-state index is 0.136. The number of likely N-dealkylation sites (tertiary alicyclic amines) is 1. The Morgan fingerprint density at radius 1 is 1.14 bits per heavy atom. The monoisotopic (exact) mass is 430 g/mol. The molecule has 1 saturated heterocycles. The molecule has 4 heteroatoms. The number of nitrogens with two attached hydrogens (primary N) is 1. The third-order valence-electron chi connectivity index (χ3n) is 9.00. The van der Waals surface area contributed by atoms with E-state index in [0.29, 0.717) is 28.6 Å². The van der Waals surface area contributed by atoms with Crippen LogP contribution in [0.3, 0.4) is 0 Å². The Kier molecular flexibility index (Phi) is 4.85. The van der Waals surface area contributed by atoms with Gasteiger partial charge in [-0.1, -0.05) is 56.4 Å². The molecule has 0 radical (unpaired) electrons. The molecular weight excluding hydrogens is 396 g/mol. The molecule has 4 aliphatic carbocycles. The van der Waals surface area contributed by atoms with Gasteiger partial charge in [0.05, 0.1) is 4.99 Å². The minimum Gasteiger partial charge on any atom is -0.365 e. The Hall–Kier alpha value is -0.640. The van der Waals surface area contributed by atoms with Crippen molar-refractivity contribution in [1.82, 2.24) is 4.90 Å². The molecule has 1 aromatic rings. The predicted molar refractivity (Wildman–Crippen MR) is 125 cm³/mol. The summed E-state index contributed by atoms with van der Waals surface area (Å²) < 4.78 is 0. The molecule has 29 heavy (non-hydrogen) atoms. The first-order chi connectivity index (χ1) is 13.8. The fraction of sp³-hybridized carbons (Fsp3) is 0.720. The smallest absolute Gasteiger partial charge is 0.0816 e. The van der Waals surface area contributed by atoms with Gasteiger partial charge < -0.3 is 10.6 Å². The molecule has 5 aliphatic rings. The lowest BCUT2D eigenvalue weighted by Crippen LogP contribution is -2.62. The summed E-state index contributed by atoms with van der Waals surface area (Å²) in [6.07, 6.45) is 7.42. The maximum Gasteiger partial charge on any atom is 0.0816 e. The van der Waals surface area contributed by atoms with E-state index in [1.165, 1.54) is 37.1 Å². The molecule has 4 bridgehead atoms. The van der Waals surface area contributed by atoms with Gasteiger partial charge in [-0.05, 0) is 72.2 Å². The van der Waals surface area contributed by atoms with Crippen molar-refractivity contribution in [3.8, 4) is 0 Å². The summed E-state index contributed by atoms with van der Waals surface area (Å²) in [7, 11) is 0. The number of hydrogen-bond donors (Lipinski definition) is 1. The summed E-state index contributed by atoms with van der Waals surface area (Å²) in [5.74, 6) is 2.73. The van der Waals surface area contributed by atoms with Crippen LogP contribution in [0, 0.1) is 28.6 Å². The predicted octanol–water partition coefficient (Wildman–Crippen LogP) is 5.38. The topological polar surface area (TPSA) is 29.3 Å². The highest BCUT2D eigenvalue weighted by molar-refractivity contribution is 7.80. The standard InChI is InChI=1S/C25H35ClN2S/c1-23(2)16-28(9-8-20(23)27)22(29)21-17-10-24(15-26)11-18(21)13-25(12-17,14-24)19-6-4-3-5-7-19/h3-7,17-18,20-21H,8-16,27H2,1-2H3/t17?,18?,20-,21?,24?,25?/m0/s1. The van der Waals surface area contributed by atoms with Gasteiger partial charge in [0.25, 0.3) is 0 Å². The Balaban J connectivity index is 1.44. The SMILES string of the molecule is CC1(C)CN(C(=S)C2C3CC4(CCl)CC2CC(c2ccccc2)(C3)C4)CC[C@@H]1N. The first-order valence-electron chi connectivity index (χ1n) is 11.4. The van der Waals surface area contributed by atoms with E-state index in [1.54, 1.807) is 5.56 Å². The number of piperidine rings is 1. The molecule has 4 saturated carbocycles. The van der Waals surface area contributed by atoms with Crippen molar-refractivity contribution in [1.29, 1.82) is 0 Å². The molecule has 1 aliphatic heterocycles. The van der Waals surface area contributed by atoms with Gasteiger partial charge in [0, 0.05) is 30.9 Å². The molecule has 158 valence electrons. The van der Waals surface area contributed by atoms with E-state index in [-0.39, 0.29) is 11.5 Å². The summed E-state index contributed by atoms with van der Waals surface area (Å²) in [5.41, 5.74) is 8.71. The summed E-state index contributed by atoms with van der Waals surface area (Å²) in [6.45, 7) is 6.64. The van der Waals surface area contributed by atoms with E-state index < -0.39 is 0 Å². The van der Waals surface area contributed by atoms with E-state index in [4.69, 9.17) is 29.6 Å². The van der Waals surface area contributed by atoms with Crippen LogP contribution in [0.4, 0.5) is 0 Å². The number of nitrogens with zero attached hydrogens (tertiary/aromatic N) is 1. The lowest BCUT2D eigenvalue weighted by atomic mass is 9.40. The lowest BCUT2D eigenvalue weighted by Gasteiger charge is -2.65. The average Bonchev–Trinajstić information content (AvgIpc) is 2.70. The maximum absolute atomic E-state index is 6.64. The third-order valence-corrected chi connectivity index (χ3v) is 10.1. The van der Waals surface area contributed by atoms with Crippen molar-refractivity contribution in [2.24, 2.45) is 34.3 Å². The van der Waals surface area contributed by atoms with Crippen LogP contribution >= 0.6 is 23.8 Å². The largest absolute Gasteiger partial charge is 0.365 e. The average molecular weight is 431 g/mol. The second-order valence-electron chi connectivity index (χ2n) is 11.5. The molecule has 1 aromatic carbocycles. The van der Waals surface area contributed by atoms with E-state index >= 15 is 0 Å². The van der Waals surface area contributed by atoms with Crippen LogP contribution in [0.15, 0.2) is 30.3 Å². The molecule has 2 unspecified atom stereocenters. The summed E-state index contributed by atoms with van der Waals surface area (Å²) in [4.78, 5) is 3.76. The van der Waals surface area contributed by atoms with Gasteiger partial charge in [-0.3, -0.25) is 0 Å². The summed E-state index contributed by atoms with van der Waals surface area (Å²) in [5, 5.41) is 0. The fourth-order valence-electron chi connectivity index (χ4n) is 7.79. The molecular formula is C25H35ClN2S. The van der Waals surface area contributed by atoms with Crippen LogP contribution in [0.25, 0.3) is 0 Å². The molecule has 0 aromatic heterocycles. The first kappa shape index (κ1) is 20.3. The Morgan fingerprint density at radius 2 is 1.79 bits per heavy atom. The number of thiocarbonyl (C=S) groups is 1. The van der Waals surface area contributed by atoms with Crippen molar-refractivity contribution in [2.75, 3.05) is 19.0 Å². The van der Waals surface area contributed by atoms with Crippen LogP contribution in [0.1, 0.15) is 57.9 Å². The molecule has 0 spiro atoms. The van der Waals surface area contributed by atoms with Gasteiger partial charge in [0.15, 0.2) is 0 Å². The van der Waals surface area contributed by atoms with E-state index in [0.717, 1.165) is 25.4 Å². The van der Waals surface area contributed by atoms with E-state index in [1.807, 2.05) is 0 Å². The molecule has 2 N–H and O–H groups in total. The van der Waals surface area contributed by atoms with Crippen molar-refractivity contribution >= 4 is 28.8 Å². The lowest BCUT2D eigenvalue weighted by molar-refractivity contribution is -0.0833. The number of benzene rings is 1. The maximum atomic E-state index is 6.64. The highest BCUT2D eigenvalue weighted by Gasteiger charge is 2.62. The highest BCUT2D eigenvalue weighted by Crippen LogP contribution is 2.68. The Labute approximate surface area is 186 Å². The fourth-order valence-corrected chi connectivity index (χ4v) is 8.64. The van der Waals surface area contributed by atoms with Crippen LogP contribution in [-0.4, -0.2) is 34.9 Å². The van der Waals surface area contributed by atoms with Gasteiger partial charge >= 0.3 is 0 Å². The zero-order valence-electron chi connectivity index (χ0n) is 17.9. The molecule has 1 heterocycles. The normalized spacial score (nSPS) is 42.8. The Morgan fingerprint density at radius 3 is 2.38 bits per heavy atom. The first-order valence-corrected chi connectivity index (χ1v) is 12.4. The van der Waals surface area contributed by atoms with Crippen LogP contribution in [0.5, 0.6) is 0 Å². The second kappa shape index (κ2) is 6.93. The van der Waals surface area contributed by atoms with Crippen LogP contribution < -0.4 is 5.73 Å². The number of alkyl halides is 1. The zero-order chi connectivity index (χ0) is 20.4. The van der Waals surface area contributed by atoms with E-state index in [2.05, 4.69) is 49.1 Å². The van der Waals surface area contributed by atoms with E-state index in [9.17, 15) is 0 Å². The van der Waals surface area contributed by atoms with Crippen LogP contribution in [0.2, 0.25) is 0 Å². The van der Waals surface area contributed by atoms with Gasteiger partial charge in [-0.25, -0.2) is 0 Å². The highest BCUT2D eigenvalue weighted by atomic mass is 35.5. The van der Waals surface area contributed by atoms with Crippen molar-refractivity contribution in [3.63, 3.8) is 0 Å². The number of rotatable bonds is 3. The summed E-state index contributed by atoms with van der Waals surface area (Å²) in [6, 6.07) is 11.6. The van der Waals surface area contributed by atoms with Gasteiger partial charge in [0.1, 0.15) is 0 Å². The minimum atomic E-state index is 0.136. The van der Waals surface area contributed by atoms with Gasteiger partial charge in [-0.2, -0.15) is 0 Å². The quantitative estimate of drug-likeness (QED) is 0.515. The summed E-state index contributed by atoms with van der Waals surface area (Å²) >= 11 is 12.9. The Bertz CT molecular complexity index is 775. The van der Waals surface area contributed by atoms with Gasteiger partial charge in [-0.15, -0.1) is 11.6 Å².